The molecule has 1 spiro atoms. The van der Waals surface area contributed by atoms with Gasteiger partial charge < -0.3 is 9.88 Å². The number of rotatable bonds is 2. The first-order valence-electron chi connectivity index (χ1n) is 6.71. The Morgan fingerprint density at radius 2 is 2.17 bits per heavy atom. The van der Waals surface area contributed by atoms with Gasteiger partial charge in [-0.3, -0.25) is 9.69 Å². The van der Waals surface area contributed by atoms with Crippen LogP contribution in [0.3, 0.4) is 0 Å². The number of H-pyrrole nitrogens is 1. The van der Waals surface area contributed by atoms with Crippen LogP contribution < -0.4 is 0 Å². The summed E-state index contributed by atoms with van der Waals surface area (Å²) in [5.74, 6) is 1.26. The van der Waals surface area contributed by atoms with E-state index in [9.17, 15) is 4.79 Å². The standard InChI is InChI=1S/C13H20N4O/c1-16-8-2-4-13(12(16)18)5-3-9-17(13)10-11-14-6-7-15-11/h6-7H,2-5,8-10H2,1H3,(H,14,15). The maximum atomic E-state index is 12.5. The Balaban J connectivity index is 1.83. The molecular weight excluding hydrogens is 228 g/mol. The van der Waals surface area contributed by atoms with Crippen molar-refractivity contribution in [2.45, 2.75) is 37.8 Å². The van der Waals surface area contributed by atoms with E-state index in [1.807, 2.05) is 18.1 Å². The molecule has 0 aromatic carbocycles. The number of hydrogen-bond acceptors (Lipinski definition) is 3. The molecule has 2 fully saturated rings. The minimum absolute atomic E-state index is 0.250. The fourth-order valence-electron chi connectivity index (χ4n) is 3.43. The second kappa shape index (κ2) is 4.39. The summed E-state index contributed by atoms with van der Waals surface area (Å²) in [7, 11) is 1.92. The Bertz CT molecular complexity index is 430. The van der Waals surface area contributed by atoms with E-state index >= 15 is 0 Å². The van der Waals surface area contributed by atoms with Gasteiger partial charge in [0.1, 0.15) is 11.4 Å². The number of nitrogens with zero attached hydrogens (tertiary/aromatic N) is 3. The number of carbonyl (C=O) groups excluding carboxylic acids is 1. The van der Waals surface area contributed by atoms with Gasteiger partial charge in [0.05, 0.1) is 6.54 Å². The van der Waals surface area contributed by atoms with Gasteiger partial charge in [-0.25, -0.2) is 4.98 Å². The molecular formula is C13H20N4O. The van der Waals surface area contributed by atoms with Crippen LogP contribution in [0.4, 0.5) is 0 Å². The normalized spacial score (nSPS) is 29.4. The van der Waals surface area contributed by atoms with E-state index in [0.29, 0.717) is 5.91 Å². The first-order valence-corrected chi connectivity index (χ1v) is 6.71. The van der Waals surface area contributed by atoms with Crippen molar-refractivity contribution < 1.29 is 4.79 Å². The highest BCUT2D eigenvalue weighted by Gasteiger charge is 2.49. The molecule has 2 saturated heterocycles. The summed E-state index contributed by atoms with van der Waals surface area (Å²) in [5, 5.41) is 0. The molecule has 3 rings (SSSR count). The number of likely N-dealkylation sites (tertiary alicyclic amines) is 2. The van der Waals surface area contributed by atoms with Crippen LogP contribution in [0.15, 0.2) is 12.4 Å². The molecule has 1 N–H and O–H groups in total. The molecule has 1 amide bonds. The van der Waals surface area contributed by atoms with Crippen LogP contribution in [0.5, 0.6) is 0 Å². The van der Waals surface area contributed by atoms with Gasteiger partial charge in [0.15, 0.2) is 0 Å². The number of amides is 1. The van der Waals surface area contributed by atoms with Gasteiger partial charge in [0.2, 0.25) is 5.91 Å². The van der Waals surface area contributed by atoms with E-state index in [0.717, 1.165) is 51.1 Å². The Hall–Kier alpha value is -1.36. The van der Waals surface area contributed by atoms with Crippen LogP contribution in [-0.2, 0) is 11.3 Å². The zero-order valence-corrected chi connectivity index (χ0v) is 10.9. The van der Waals surface area contributed by atoms with Gasteiger partial charge in [-0.1, -0.05) is 0 Å². The summed E-state index contributed by atoms with van der Waals surface area (Å²) < 4.78 is 0. The summed E-state index contributed by atoms with van der Waals surface area (Å²) in [4.78, 5) is 24.2. The van der Waals surface area contributed by atoms with Crippen molar-refractivity contribution in [3.8, 4) is 0 Å². The van der Waals surface area contributed by atoms with Crippen LogP contribution in [0, 0.1) is 0 Å². The molecule has 5 heteroatoms. The van der Waals surface area contributed by atoms with Crippen molar-refractivity contribution in [1.82, 2.24) is 19.8 Å². The maximum Gasteiger partial charge on any atom is 0.242 e. The number of imidazole rings is 1. The van der Waals surface area contributed by atoms with E-state index in [4.69, 9.17) is 0 Å². The molecule has 1 atom stereocenters. The van der Waals surface area contributed by atoms with Gasteiger partial charge >= 0.3 is 0 Å². The number of nitrogens with one attached hydrogen (secondary N) is 1. The van der Waals surface area contributed by atoms with E-state index in [1.165, 1.54) is 0 Å². The smallest absolute Gasteiger partial charge is 0.242 e. The summed E-state index contributed by atoms with van der Waals surface area (Å²) in [6, 6.07) is 0. The van der Waals surface area contributed by atoms with E-state index < -0.39 is 0 Å². The van der Waals surface area contributed by atoms with E-state index in [1.54, 1.807) is 6.20 Å². The largest absolute Gasteiger partial charge is 0.348 e. The fourth-order valence-corrected chi connectivity index (χ4v) is 3.43. The van der Waals surface area contributed by atoms with Crippen molar-refractivity contribution in [2.24, 2.45) is 0 Å². The van der Waals surface area contributed by atoms with Crippen molar-refractivity contribution >= 4 is 5.91 Å². The molecule has 2 aliphatic heterocycles. The van der Waals surface area contributed by atoms with Crippen molar-refractivity contribution in [3.05, 3.63) is 18.2 Å². The number of likely N-dealkylation sites (N-methyl/N-ethyl adjacent to an activating group) is 1. The maximum absolute atomic E-state index is 12.5. The van der Waals surface area contributed by atoms with Crippen LogP contribution in [0.1, 0.15) is 31.5 Å². The topological polar surface area (TPSA) is 52.2 Å². The van der Waals surface area contributed by atoms with Gasteiger partial charge in [-0.05, 0) is 32.2 Å². The molecule has 0 bridgehead atoms. The van der Waals surface area contributed by atoms with Gasteiger partial charge in [0.25, 0.3) is 0 Å². The highest BCUT2D eigenvalue weighted by Crippen LogP contribution is 2.38. The van der Waals surface area contributed by atoms with Crippen molar-refractivity contribution in [1.29, 1.82) is 0 Å². The summed E-state index contributed by atoms with van der Waals surface area (Å²) in [5.41, 5.74) is -0.250. The molecule has 0 radical (unpaired) electrons. The van der Waals surface area contributed by atoms with E-state index in [2.05, 4.69) is 14.9 Å². The Kier molecular flexibility index (Phi) is 2.86. The second-order valence-electron chi connectivity index (χ2n) is 5.42. The average Bonchev–Trinajstić information content (AvgIpc) is 2.98. The Morgan fingerprint density at radius 1 is 1.39 bits per heavy atom. The molecule has 1 unspecified atom stereocenters. The third-order valence-corrected chi connectivity index (χ3v) is 4.35. The Morgan fingerprint density at radius 3 is 2.89 bits per heavy atom. The number of piperidine rings is 1. The SMILES string of the molecule is CN1CCCC2(CCCN2Cc2ncc[nH]2)C1=O. The fraction of sp³-hybridized carbons (Fsp3) is 0.692. The first-order chi connectivity index (χ1) is 8.72. The third kappa shape index (κ3) is 1.73. The van der Waals surface area contributed by atoms with Gasteiger partial charge in [-0.15, -0.1) is 0 Å². The van der Waals surface area contributed by atoms with Gasteiger partial charge in [-0.2, -0.15) is 0 Å². The lowest BCUT2D eigenvalue weighted by Gasteiger charge is -2.43. The predicted molar refractivity (Wildman–Crippen MR) is 67.8 cm³/mol. The molecule has 1 aromatic heterocycles. The van der Waals surface area contributed by atoms with Crippen LogP contribution in [-0.4, -0.2) is 51.4 Å². The number of hydrogen-bond donors (Lipinski definition) is 1. The molecule has 5 nitrogen and oxygen atoms in total. The van der Waals surface area contributed by atoms with E-state index in [-0.39, 0.29) is 5.54 Å². The van der Waals surface area contributed by atoms with Crippen LogP contribution in [0.2, 0.25) is 0 Å². The average molecular weight is 248 g/mol. The predicted octanol–water partition coefficient (Wildman–Crippen LogP) is 0.996. The molecule has 18 heavy (non-hydrogen) atoms. The number of aromatic nitrogens is 2. The minimum Gasteiger partial charge on any atom is -0.348 e. The highest BCUT2D eigenvalue weighted by atomic mass is 16.2. The van der Waals surface area contributed by atoms with Crippen molar-refractivity contribution in [3.63, 3.8) is 0 Å². The van der Waals surface area contributed by atoms with Crippen LogP contribution >= 0.6 is 0 Å². The minimum atomic E-state index is -0.250. The quantitative estimate of drug-likeness (QED) is 0.849. The first kappa shape index (κ1) is 11.7. The summed E-state index contributed by atoms with van der Waals surface area (Å²) >= 11 is 0. The molecule has 3 heterocycles. The number of carbonyl (C=O) groups is 1. The summed E-state index contributed by atoms with van der Waals surface area (Å²) in [6.45, 7) is 2.65. The Labute approximate surface area is 107 Å². The zero-order chi connectivity index (χ0) is 12.6. The van der Waals surface area contributed by atoms with Gasteiger partial charge in [0, 0.05) is 26.0 Å². The monoisotopic (exact) mass is 248 g/mol. The number of aromatic amines is 1. The third-order valence-electron chi connectivity index (χ3n) is 4.35. The molecule has 1 aromatic rings. The molecule has 2 aliphatic rings. The van der Waals surface area contributed by atoms with Crippen LogP contribution in [0.25, 0.3) is 0 Å². The lowest BCUT2D eigenvalue weighted by atomic mass is 9.85. The molecule has 0 saturated carbocycles. The molecule has 0 aliphatic carbocycles. The lowest BCUT2D eigenvalue weighted by molar-refractivity contribution is -0.146. The second-order valence-corrected chi connectivity index (χ2v) is 5.42. The molecule has 98 valence electrons. The van der Waals surface area contributed by atoms with Crippen molar-refractivity contribution in [2.75, 3.05) is 20.1 Å². The lowest BCUT2D eigenvalue weighted by Crippen LogP contribution is -2.58. The summed E-state index contributed by atoms with van der Waals surface area (Å²) in [6.07, 6.45) is 7.82. The highest BCUT2D eigenvalue weighted by molar-refractivity contribution is 5.87. The zero-order valence-electron chi connectivity index (χ0n) is 10.9.